The quantitative estimate of drug-likeness (QED) is 0.0156. The van der Waals surface area contributed by atoms with E-state index in [1.807, 2.05) is 0 Å². The first kappa shape index (κ1) is 63.5. The van der Waals surface area contributed by atoms with Crippen LogP contribution in [0.2, 0.25) is 0 Å². The zero-order valence-corrected chi connectivity index (χ0v) is 40.1. The van der Waals surface area contributed by atoms with Crippen LogP contribution in [0.15, 0.2) is 0 Å². The maximum atomic E-state index is 14.1. The Hall–Kier alpha value is -7.51. The van der Waals surface area contributed by atoms with Crippen molar-refractivity contribution < 1.29 is 72.9 Å². The number of nitrogens with two attached hydrogens (primary N) is 5. The first-order valence-corrected chi connectivity index (χ1v) is 23.3. The second kappa shape index (κ2) is 33.9. The third-order valence-corrected chi connectivity index (χ3v) is 10.5. The molecule has 0 fully saturated rings. The van der Waals surface area contributed by atoms with E-state index in [9.17, 15) is 67.7 Å². The number of nitrogens with one attached hydrogen (secondary N) is 11. The molecule has 32 heteroatoms. The molecular formula is C39H68N16O15S. The lowest BCUT2D eigenvalue weighted by Gasteiger charge is -2.28. The van der Waals surface area contributed by atoms with Crippen LogP contribution >= 0.6 is 11.8 Å². The van der Waals surface area contributed by atoms with Crippen molar-refractivity contribution in [1.29, 1.82) is 10.8 Å². The van der Waals surface area contributed by atoms with Gasteiger partial charge in [-0.3, -0.25) is 63.6 Å². The first-order valence-electron chi connectivity index (χ1n) is 21.9. The monoisotopic (exact) mass is 1030 g/mol. The molecule has 0 radical (unpaired) electrons. The van der Waals surface area contributed by atoms with E-state index in [4.69, 9.17) is 44.6 Å². The van der Waals surface area contributed by atoms with Crippen LogP contribution in [0.3, 0.4) is 0 Å². The van der Waals surface area contributed by atoms with E-state index < -0.39 is 170 Å². The molecule has 24 N–H and O–H groups in total. The third kappa shape index (κ3) is 28.6. The maximum absolute atomic E-state index is 14.1. The summed E-state index contributed by atoms with van der Waals surface area (Å²) in [4.78, 5) is 152. The van der Waals surface area contributed by atoms with Crippen molar-refractivity contribution in [2.75, 3.05) is 25.1 Å². The number of hydrogen-bond donors (Lipinski definition) is 19. The summed E-state index contributed by atoms with van der Waals surface area (Å²) in [5.74, 6) is -13.9. The Kier molecular flexibility index (Phi) is 30.3. The highest BCUT2D eigenvalue weighted by Crippen LogP contribution is 2.09. The Morgan fingerprint density at radius 2 is 0.845 bits per heavy atom. The number of carboxylic acids is 3. The Morgan fingerprint density at radius 3 is 1.23 bits per heavy atom. The summed E-state index contributed by atoms with van der Waals surface area (Å²) in [6, 6.07) is -12.3. The van der Waals surface area contributed by atoms with Crippen molar-refractivity contribution in [3.05, 3.63) is 0 Å². The molecule has 0 saturated carbocycles. The Balaban J connectivity index is 6.78. The zero-order valence-electron chi connectivity index (χ0n) is 39.3. The average molecular weight is 1030 g/mol. The number of thioether (sulfide) groups is 1. The lowest BCUT2D eigenvalue weighted by atomic mass is 10.0. The molecule has 0 spiro atoms. The summed E-state index contributed by atoms with van der Waals surface area (Å²) >= 11 is 1.25. The zero-order chi connectivity index (χ0) is 54.4. The lowest BCUT2D eigenvalue weighted by Crippen LogP contribution is -2.60. The molecule has 8 atom stereocenters. The molecule has 0 aromatic heterocycles. The van der Waals surface area contributed by atoms with Gasteiger partial charge in [-0.1, -0.05) is 0 Å². The Bertz CT molecular complexity index is 1930. The second-order valence-electron chi connectivity index (χ2n) is 15.8. The van der Waals surface area contributed by atoms with E-state index >= 15 is 0 Å². The highest BCUT2D eigenvalue weighted by Gasteiger charge is 2.34. The van der Waals surface area contributed by atoms with Crippen LogP contribution in [0.5, 0.6) is 0 Å². The molecule has 0 aliphatic rings. The molecule has 0 rings (SSSR count). The van der Waals surface area contributed by atoms with Gasteiger partial charge in [-0.15, -0.1) is 0 Å². The van der Waals surface area contributed by atoms with Crippen LogP contribution in [0.25, 0.3) is 0 Å². The molecule has 400 valence electrons. The Morgan fingerprint density at radius 1 is 0.479 bits per heavy atom. The SMILES string of the molecule is CSCC[C@H](NC(=O)[C@H](CCC(=O)O)NC(=O)[C@@H](N)CCC(=O)O)C(=O)N[C@@H](CCC(N)=O)C(=O)N[C@@H](CCCNC(=N)N)C(=O)N[C@@H](CCCNC(=N)N)C(=O)N[C@@H](C)C(=O)N[C@@H](CC(N)=O)C(=O)O. The van der Waals surface area contributed by atoms with E-state index in [-0.39, 0.29) is 57.4 Å². The van der Waals surface area contributed by atoms with Crippen molar-refractivity contribution in [1.82, 2.24) is 47.9 Å². The van der Waals surface area contributed by atoms with Crippen LogP contribution in [-0.4, -0.2) is 172 Å². The third-order valence-electron chi connectivity index (χ3n) is 9.85. The summed E-state index contributed by atoms with van der Waals surface area (Å²) in [5.41, 5.74) is 26.9. The van der Waals surface area contributed by atoms with Crippen LogP contribution in [0.1, 0.15) is 84.0 Å². The molecule has 71 heavy (non-hydrogen) atoms. The van der Waals surface area contributed by atoms with Gasteiger partial charge >= 0.3 is 17.9 Å². The number of aliphatic carboxylic acids is 3. The predicted molar refractivity (Wildman–Crippen MR) is 252 cm³/mol. The van der Waals surface area contributed by atoms with Gasteiger partial charge in [0.05, 0.1) is 12.5 Å². The minimum absolute atomic E-state index is 0.00380. The topological polar surface area (TPSA) is 552 Å². The van der Waals surface area contributed by atoms with Gasteiger partial charge in [0.1, 0.15) is 42.3 Å². The number of carbonyl (C=O) groups is 12. The van der Waals surface area contributed by atoms with E-state index in [1.54, 1.807) is 6.26 Å². The summed E-state index contributed by atoms with van der Waals surface area (Å²) < 4.78 is 0. The molecule has 0 aromatic carbocycles. The number of carboxylic acid groups (broad SMARTS) is 3. The van der Waals surface area contributed by atoms with E-state index in [0.717, 1.165) is 0 Å². The fourth-order valence-corrected chi connectivity index (χ4v) is 6.52. The normalized spacial score (nSPS) is 14.1. The van der Waals surface area contributed by atoms with Crippen LogP contribution in [0.4, 0.5) is 0 Å². The van der Waals surface area contributed by atoms with Crippen molar-refractivity contribution in [2.45, 2.75) is 132 Å². The number of hydrogen-bond acceptors (Lipinski definition) is 16. The first-order chi connectivity index (χ1) is 33.2. The summed E-state index contributed by atoms with van der Waals surface area (Å²) in [6.07, 6.45) is -2.39. The van der Waals surface area contributed by atoms with Crippen molar-refractivity contribution in [3.63, 3.8) is 0 Å². The molecule has 0 saturated heterocycles. The van der Waals surface area contributed by atoms with E-state index in [0.29, 0.717) is 0 Å². The van der Waals surface area contributed by atoms with Gasteiger partial charge in [-0.2, -0.15) is 11.8 Å². The molecule has 0 heterocycles. The van der Waals surface area contributed by atoms with Gasteiger partial charge in [-0.25, -0.2) is 4.79 Å². The van der Waals surface area contributed by atoms with Gasteiger partial charge < -0.3 is 91.8 Å². The number of primary amides is 2. The Labute approximate surface area is 411 Å². The maximum Gasteiger partial charge on any atom is 0.326 e. The number of carbonyl (C=O) groups excluding carboxylic acids is 9. The minimum atomic E-state index is -1.74. The number of rotatable bonds is 37. The number of amides is 9. The van der Waals surface area contributed by atoms with Crippen LogP contribution in [-0.2, 0) is 57.5 Å². The van der Waals surface area contributed by atoms with Gasteiger partial charge in [-0.05, 0) is 70.3 Å². The molecule has 0 unspecified atom stereocenters. The van der Waals surface area contributed by atoms with Crippen molar-refractivity contribution >= 4 is 94.8 Å². The molecule has 0 bridgehead atoms. The van der Waals surface area contributed by atoms with Gasteiger partial charge in [0.25, 0.3) is 0 Å². The molecule has 9 amide bonds. The van der Waals surface area contributed by atoms with Crippen molar-refractivity contribution in [3.8, 4) is 0 Å². The summed E-state index contributed by atoms with van der Waals surface area (Å²) in [7, 11) is 0. The van der Waals surface area contributed by atoms with Crippen molar-refractivity contribution in [2.24, 2.45) is 28.7 Å². The predicted octanol–water partition coefficient (Wildman–Crippen LogP) is -7.04. The van der Waals surface area contributed by atoms with Gasteiger partial charge in [0, 0.05) is 32.4 Å². The number of guanidine groups is 2. The lowest BCUT2D eigenvalue weighted by molar-refractivity contribution is -0.143. The smallest absolute Gasteiger partial charge is 0.326 e. The standard InChI is InChI=1S/C39H68N16O15S/c1-18(30(62)55-25(37(69)70)17-27(42)57)49-32(64)20(5-3-14-47-38(43)44)51-33(65)21(6-4-15-48-39(45)46)52-34(66)22(8-10-26(41)56)53-36(68)24(13-16-71-2)54-35(67)23(9-12-29(60)61)50-31(63)19(40)7-11-28(58)59/h18-25H,3-17,40H2,1-2H3,(H2,41,56)(H2,42,57)(H,49,64)(H,50,63)(H,51,65)(H,52,66)(H,53,68)(H,54,67)(H,55,62)(H,58,59)(H,60,61)(H,69,70)(H4,43,44,47)(H4,45,46,48)/t18-,19-,20-,21-,22-,23-,24-,25-/m0/s1. The average Bonchev–Trinajstić information content (AvgIpc) is 3.27. The molecular weight excluding hydrogens is 965 g/mol. The van der Waals surface area contributed by atoms with Gasteiger partial charge in [0.2, 0.25) is 53.2 Å². The summed E-state index contributed by atoms with van der Waals surface area (Å²) in [6.45, 7) is 1.19. The molecule has 0 aliphatic carbocycles. The molecule has 0 aromatic rings. The minimum Gasteiger partial charge on any atom is -0.481 e. The fraction of sp³-hybridized carbons (Fsp3) is 0.641. The van der Waals surface area contributed by atoms with Crippen LogP contribution in [0, 0.1) is 10.8 Å². The second-order valence-corrected chi connectivity index (χ2v) is 16.8. The van der Waals surface area contributed by atoms with Gasteiger partial charge in [0.15, 0.2) is 11.9 Å². The molecule has 31 nitrogen and oxygen atoms in total. The largest absolute Gasteiger partial charge is 0.481 e. The fourth-order valence-electron chi connectivity index (χ4n) is 6.05. The van der Waals surface area contributed by atoms with E-state index in [2.05, 4.69) is 47.9 Å². The highest BCUT2D eigenvalue weighted by atomic mass is 32.2. The molecule has 0 aliphatic heterocycles. The summed E-state index contributed by atoms with van der Waals surface area (Å²) in [5, 5.41) is 64.0. The van der Waals surface area contributed by atoms with E-state index in [1.165, 1.54) is 18.7 Å². The highest BCUT2D eigenvalue weighted by molar-refractivity contribution is 7.98. The van der Waals surface area contributed by atoms with Crippen LogP contribution < -0.4 is 76.5 Å².